The second-order valence-electron chi connectivity index (χ2n) is 3.31. The van der Waals surface area contributed by atoms with Crippen molar-refractivity contribution in [3.8, 4) is 0 Å². The van der Waals surface area contributed by atoms with E-state index in [0.717, 1.165) is 16.8 Å². The Kier molecular flexibility index (Phi) is 1.81. The van der Waals surface area contributed by atoms with Crippen molar-refractivity contribution in [1.82, 2.24) is 0 Å². The van der Waals surface area contributed by atoms with Gasteiger partial charge >= 0.3 is 0 Å². The van der Waals surface area contributed by atoms with Gasteiger partial charge in [-0.3, -0.25) is 4.79 Å². The van der Waals surface area contributed by atoms with Crippen LogP contribution in [0.2, 0.25) is 0 Å². The Balaban J connectivity index is 2.55. The van der Waals surface area contributed by atoms with E-state index < -0.39 is 0 Å². The molecule has 3 heteroatoms. The van der Waals surface area contributed by atoms with Crippen LogP contribution < -0.4 is 11.1 Å². The predicted octanol–water partition coefficient (Wildman–Crippen LogP) is 0.989. The van der Waals surface area contributed by atoms with E-state index in [2.05, 4.69) is 5.32 Å². The lowest BCUT2D eigenvalue weighted by molar-refractivity contribution is -0.116. The maximum atomic E-state index is 11.4. The Morgan fingerprint density at radius 1 is 1.54 bits per heavy atom. The van der Waals surface area contributed by atoms with Crippen LogP contribution in [0.4, 0.5) is 5.69 Å². The van der Waals surface area contributed by atoms with Gasteiger partial charge in [-0.05, 0) is 24.1 Å². The molecule has 0 fully saturated rings. The Morgan fingerprint density at radius 3 is 3.00 bits per heavy atom. The van der Waals surface area contributed by atoms with Crippen LogP contribution in [-0.4, -0.2) is 12.5 Å². The molecule has 1 aliphatic rings. The summed E-state index contributed by atoms with van der Waals surface area (Å²) in [5, 5.41) is 2.82. The lowest BCUT2D eigenvalue weighted by Gasteiger charge is -2.07. The predicted molar refractivity (Wildman–Crippen MR) is 51.6 cm³/mol. The molecule has 0 saturated heterocycles. The number of hydrogen-bond acceptors (Lipinski definition) is 2. The van der Waals surface area contributed by atoms with Gasteiger partial charge in [-0.15, -0.1) is 0 Å². The first-order valence-corrected chi connectivity index (χ1v) is 4.34. The number of benzene rings is 1. The molecule has 1 aromatic rings. The van der Waals surface area contributed by atoms with Crippen LogP contribution in [0.1, 0.15) is 17.0 Å². The summed E-state index contributed by atoms with van der Waals surface area (Å²) in [6, 6.07) is 5.85. The second-order valence-corrected chi connectivity index (χ2v) is 3.31. The molecule has 3 N–H and O–H groups in total. The molecule has 1 unspecified atom stereocenters. The third-order valence-electron chi connectivity index (χ3n) is 2.48. The van der Waals surface area contributed by atoms with Crippen molar-refractivity contribution in [1.29, 1.82) is 0 Å². The van der Waals surface area contributed by atoms with Gasteiger partial charge in [0.1, 0.15) is 0 Å². The lowest BCUT2D eigenvalue weighted by atomic mass is 9.96. The van der Waals surface area contributed by atoms with Gasteiger partial charge in [0, 0.05) is 12.2 Å². The molecule has 2 rings (SSSR count). The molecule has 3 nitrogen and oxygen atoms in total. The number of nitrogens with two attached hydrogens (primary N) is 1. The minimum atomic E-state index is -0.156. The minimum Gasteiger partial charge on any atom is -0.329 e. The molecule has 0 aliphatic carbocycles. The highest BCUT2D eigenvalue weighted by atomic mass is 16.2. The standard InChI is InChI=1S/C10H12N2O/c1-6-3-2-4-8-9(6)7(5-11)10(13)12-8/h2-4,7H,5,11H2,1H3,(H,12,13). The fraction of sp³-hybridized carbons (Fsp3) is 0.300. The number of carbonyl (C=O) groups is 1. The van der Waals surface area contributed by atoms with E-state index in [1.165, 1.54) is 0 Å². The molecule has 0 radical (unpaired) electrons. The second kappa shape index (κ2) is 2.85. The number of amides is 1. The fourth-order valence-corrected chi connectivity index (χ4v) is 1.83. The molecule has 1 aliphatic heterocycles. The molecule has 1 atom stereocenters. The fourth-order valence-electron chi connectivity index (χ4n) is 1.83. The maximum Gasteiger partial charge on any atom is 0.233 e. The summed E-state index contributed by atoms with van der Waals surface area (Å²) in [7, 11) is 0. The summed E-state index contributed by atoms with van der Waals surface area (Å²) < 4.78 is 0. The smallest absolute Gasteiger partial charge is 0.233 e. The Morgan fingerprint density at radius 2 is 2.31 bits per heavy atom. The first kappa shape index (κ1) is 8.26. The number of fused-ring (bicyclic) bond motifs is 1. The largest absolute Gasteiger partial charge is 0.329 e. The number of rotatable bonds is 1. The van der Waals surface area contributed by atoms with Gasteiger partial charge in [-0.25, -0.2) is 0 Å². The van der Waals surface area contributed by atoms with E-state index in [0.29, 0.717) is 6.54 Å². The molecular formula is C10H12N2O. The zero-order chi connectivity index (χ0) is 9.42. The van der Waals surface area contributed by atoms with Crippen LogP contribution in [0.3, 0.4) is 0 Å². The highest BCUT2D eigenvalue weighted by Gasteiger charge is 2.30. The van der Waals surface area contributed by atoms with Crippen molar-refractivity contribution in [2.75, 3.05) is 11.9 Å². The van der Waals surface area contributed by atoms with Crippen LogP contribution in [0.5, 0.6) is 0 Å². The van der Waals surface area contributed by atoms with Crippen molar-refractivity contribution in [2.45, 2.75) is 12.8 Å². The van der Waals surface area contributed by atoms with Gasteiger partial charge in [0.15, 0.2) is 0 Å². The van der Waals surface area contributed by atoms with Crippen LogP contribution >= 0.6 is 0 Å². The van der Waals surface area contributed by atoms with Crippen LogP contribution in [0.25, 0.3) is 0 Å². The molecule has 68 valence electrons. The van der Waals surface area contributed by atoms with Crippen LogP contribution in [0, 0.1) is 6.92 Å². The van der Waals surface area contributed by atoms with E-state index in [4.69, 9.17) is 5.73 Å². The third kappa shape index (κ3) is 1.12. The normalized spacial score (nSPS) is 19.8. The summed E-state index contributed by atoms with van der Waals surface area (Å²) >= 11 is 0. The first-order chi connectivity index (χ1) is 6.24. The lowest BCUT2D eigenvalue weighted by Crippen LogP contribution is -2.20. The Labute approximate surface area is 76.9 Å². The molecule has 1 aromatic carbocycles. The summed E-state index contributed by atoms with van der Waals surface area (Å²) in [6.07, 6.45) is 0. The molecule has 0 bridgehead atoms. The number of anilines is 1. The average Bonchev–Trinajstić information content (AvgIpc) is 2.42. The van der Waals surface area contributed by atoms with Crippen molar-refractivity contribution in [2.24, 2.45) is 5.73 Å². The number of hydrogen-bond donors (Lipinski definition) is 2. The molecule has 1 amide bonds. The maximum absolute atomic E-state index is 11.4. The van der Waals surface area contributed by atoms with E-state index in [1.54, 1.807) is 0 Å². The summed E-state index contributed by atoms with van der Waals surface area (Å²) in [4.78, 5) is 11.4. The van der Waals surface area contributed by atoms with Crippen molar-refractivity contribution < 1.29 is 4.79 Å². The van der Waals surface area contributed by atoms with E-state index in [9.17, 15) is 4.79 Å². The van der Waals surface area contributed by atoms with Gasteiger partial charge < -0.3 is 11.1 Å². The quantitative estimate of drug-likeness (QED) is 0.670. The van der Waals surface area contributed by atoms with Gasteiger partial charge in [0.2, 0.25) is 5.91 Å². The summed E-state index contributed by atoms with van der Waals surface area (Å²) in [5.74, 6) is -0.136. The molecule has 0 spiro atoms. The van der Waals surface area contributed by atoms with Crippen LogP contribution in [-0.2, 0) is 4.79 Å². The SMILES string of the molecule is Cc1cccc2c1C(CN)C(=O)N2. The minimum absolute atomic E-state index is 0.0202. The van der Waals surface area contributed by atoms with Gasteiger partial charge in [0.25, 0.3) is 0 Å². The van der Waals surface area contributed by atoms with Gasteiger partial charge in [-0.1, -0.05) is 12.1 Å². The molecular weight excluding hydrogens is 164 g/mol. The summed E-state index contributed by atoms with van der Waals surface area (Å²) in [6.45, 7) is 2.38. The van der Waals surface area contributed by atoms with Crippen molar-refractivity contribution in [3.05, 3.63) is 29.3 Å². The molecule has 1 heterocycles. The van der Waals surface area contributed by atoms with Gasteiger partial charge in [0.05, 0.1) is 5.92 Å². The van der Waals surface area contributed by atoms with Crippen molar-refractivity contribution in [3.63, 3.8) is 0 Å². The molecule has 0 aromatic heterocycles. The van der Waals surface area contributed by atoms with E-state index in [-0.39, 0.29) is 11.8 Å². The first-order valence-electron chi connectivity index (χ1n) is 4.34. The third-order valence-corrected chi connectivity index (χ3v) is 2.48. The van der Waals surface area contributed by atoms with Gasteiger partial charge in [-0.2, -0.15) is 0 Å². The highest BCUT2D eigenvalue weighted by molar-refractivity contribution is 6.03. The molecule has 0 saturated carbocycles. The Hall–Kier alpha value is -1.35. The average molecular weight is 176 g/mol. The van der Waals surface area contributed by atoms with Crippen molar-refractivity contribution >= 4 is 11.6 Å². The molecule has 13 heavy (non-hydrogen) atoms. The Bertz CT molecular complexity index is 360. The number of nitrogens with one attached hydrogen (secondary N) is 1. The topological polar surface area (TPSA) is 55.1 Å². The summed E-state index contributed by atoms with van der Waals surface area (Å²) in [5.41, 5.74) is 8.66. The zero-order valence-electron chi connectivity index (χ0n) is 7.50. The van der Waals surface area contributed by atoms with Crippen LogP contribution in [0.15, 0.2) is 18.2 Å². The zero-order valence-corrected chi connectivity index (χ0v) is 7.50. The van der Waals surface area contributed by atoms with E-state index >= 15 is 0 Å². The number of aryl methyl sites for hydroxylation is 1. The monoisotopic (exact) mass is 176 g/mol. The number of carbonyl (C=O) groups excluding carboxylic acids is 1. The highest BCUT2D eigenvalue weighted by Crippen LogP contribution is 2.33. The van der Waals surface area contributed by atoms with E-state index in [1.807, 2.05) is 25.1 Å².